The highest BCUT2D eigenvalue weighted by Gasteiger charge is 2.57. The van der Waals surface area contributed by atoms with Crippen LogP contribution in [-0.2, 0) is 4.74 Å². The molecule has 0 aromatic carbocycles. The van der Waals surface area contributed by atoms with Gasteiger partial charge in [0.05, 0.1) is 11.8 Å². The minimum absolute atomic E-state index is 0.0289. The Morgan fingerprint density at radius 1 is 1.50 bits per heavy atom. The Labute approximate surface area is 173 Å². The number of nitriles is 1. The Hall–Kier alpha value is -2.80. The van der Waals surface area contributed by atoms with Gasteiger partial charge in [-0.25, -0.2) is 13.8 Å². The topological polar surface area (TPSA) is 127 Å². The van der Waals surface area contributed by atoms with E-state index in [0.717, 1.165) is 25.7 Å². The molecule has 1 spiro atoms. The summed E-state index contributed by atoms with van der Waals surface area (Å²) < 4.78 is 30.4. The lowest BCUT2D eigenvalue weighted by Gasteiger charge is -2.60. The first-order chi connectivity index (χ1) is 13.9. The van der Waals surface area contributed by atoms with Crippen molar-refractivity contribution in [3.05, 3.63) is 23.9 Å². The first-order valence-electron chi connectivity index (χ1n) is 9.68. The molecule has 0 radical (unpaired) electrons. The highest BCUT2D eigenvalue weighted by atomic mass is 19.3. The van der Waals surface area contributed by atoms with Gasteiger partial charge < -0.3 is 20.5 Å². The highest BCUT2D eigenvalue weighted by molar-refractivity contribution is 5.91. The number of aromatic nitrogens is 2. The Balaban J connectivity index is 1.53. The molecular weight excluding hydrogens is 394 g/mol. The van der Waals surface area contributed by atoms with E-state index in [1.54, 1.807) is 0 Å². The number of nitrogens with zero attached hydrogens (tertiary/aromatic N) is 3. The van der Waals surface area contributed by atoms with Crippen molar-refractivity contribution < 1.29 is 18.6 Å². The number of nitrogens with one attached hydrogen (secondary N) is 3. The Kier molecular flexibility index (Phi) is 5.69. The average Bonchev–Trinajstić information content (AvgIpc) is 2.60. The molecular formula is C20H26F2N6O2. The van der Waals surface area contributed by atoms with Crippen molar-refractivity contribution in [2.45, 2.75) is 57.1 Å². The normalized spacial score (nSPS) is 27.4. The molecule has 10 heteroatoms. The molecule has 1 heterocycles. The van der Waals surface area contributed by atoms with Gasteiger partial charge in [-0.15, -0.1) is 0 Å². The molecule has 30 heavy (non-hydrogen) atoms. The van der Waals surface area contributed by atoms with Gasteiger partial charge in [0, 0.05) is 25.1 Å². The first kappa shape index (κ1) is 21.9. The Morgan fingerprint density at radius 3 is 2.73 bits per heavy atom. The molecule has 2 aliphatic rings. The summed E-state index contributed by atoms with van der Waals surface area (Å²) in [7, 11) is 0. The van der Waals surface area contributed by atoms with Gasteiger partial charge in [-0.3, -0.25) is 5.41 Å². The summed E-state index contributed by atoms with van der Waals surface area (Å²) in [5.74, 6) is -2.85. The molecule has 0 aliphatic heterocycles. The monoisotopic (exact) mass is 420 g/mol. The van der Waals surface area contributed by atoms with Crippen LogP contribution < -0.4 is 10.6 Å². The summed E-state index contributed by atoms with van der Waals surface area (Å²) in [4.78, 5) is 8.39. The van der Waals surface area contributed by atoms with Crippen LogP contribution in [-0.4, -0.2) is 51.7 Å². The van der Waals surface area contributed by atoms with E-state index in [1.807, 2.05) is 6.92 Å². The van der Waals surface area contributed by atoms with Crippen LogP contribution in [0.15, 0.2) is 18.3 Å². The van der Waals surface area contributed by atoms with Crippen molar-refractivity contribution in [2.75, 3.05) is 23.8 Å². The third-order valence-electron chi connectivity index (χ3n) is 5.37. The van der Waals surface area contributed by atoms with Crippen molar-refractivity contribution in [3.63, 3.8) is 0 Å². The fourth-order valence-corrected chi connectivity index (χ4v) is 4.36. The maximum atomic E-state index is 12.8. The van der Waals surface area contributed by atoms with Crippen LogP contribution in [0.2, 0.25) is 0 Å². The van der Waals surface area contributed by atoms with Gasteiger partial charge >= 0.3 is 0 Å². The maximum absolute atomic E-state index is 12.8. The summed E-state index contributed by atoms with van der Waals surface area (Å²) in [5.41, 5.74) is 0.0961. The summed E-state index contributed by atoms with van der Waals surface area (Å²) in [6.45, 7) is 5.33. The maximum Gasteiger partial charge on any atom is 0.278 e. The van der Waals surface area contributed by atoms with E-state index in [9.17, 15) is 19.1 Å². The van der Waals surface area contributed by atoms with Crippen molar-refractivity contribution in [1.82, 2.24) is 9.97 Å². The van der Waals surface area contributed by atoms with E-state index in [2.05, 4.69) is 33.2 Å². The second-order valence-corrected chi connectivity index (χ2v) is 8.81. The molecule has 162 valence electrons. The summed E-state index contributed by atoms with van der Waals surface area (Å²) >= 11 is 0. The third kappa shape index (κ3) is 5.21. The van der Waals surface area contributed by atoms with Gasteiger partial charge in [-0.1, -0.05) is 6.58 Å². The number of hydrogen-bond donors (Lipinski definition) is 4. The van der Waals surface area contributed by atoms with Crippen molar-refractivity contribution in [1.29, 1.82) is 10.7 Å². The Bertz CT molecular complexity index is 874. The highest BCUT2D eigenvalue weighted by Crippen LogP contribution is 2.60. The van der Waals surface area contributed by atoms with Gasteiger partial charge in [0.15, 0.2) is 6.61 Å². The van der Waals surface area contributed by atoms with E-state index in [1.165, 1.54) is 6.20 Å². The summed E-state index contributed by atoms with van der Waals surface area (Å²) in [6, 6.07) is 2.22. The zero-order chi connectivity index (χ0) is 22.2. The van der Waals surface area contributed by atoms with Gasteiger partial charge in [0.25, 0.3) is 5.92 Å². The third-order valence-corrected chi connectivity index (χ3v) is 5.37. The van der Waals surface area contributed by atoms with Crippen molar-refractivity contribution in [2.24, 2.45) is 5.41 Å². The standard InChI is InChI=1S/C20H26F2N6O2/c1-12(15(24)30-11-19(3,21)22)7-25-17-26-8-13(6-23)16(28-17)27-14-4-20(5-14)9-18(2,29)10-20/h8,14,24,29H,1,4-5,7,9-11H2,2-3H3,(H2,25,26,27,28)/t14-,18-,20?. The number of aliphatic hydroxyl groups is 1. The van der Waals surface area contributed by atoms with Crippen molar-refractivity contribution in [3.8, 4) is 6.07 Å². The smallest absolute Gasteiger partial charge is 0.278 e. The molecule has 2 fully saturated rings. The predicted molar refractivity (Wildman–Crippen MR) is 108 cm³/mol. The predicted octanol–water partition coefficient (Wildman–Crippen LogP) is 3.07. The fourth-order valence-electron chi connectivity index (χ4n) is 4.36. The van der Waals surface area contributed by atoms with Crippen LogP contribution in [0.3, 0.4) is 0 Å². The lowest BCUT2D eigenvalue weighted by atomic mass is 9.48. The SMILES string of the molecule is C=C(CNc1ncc(C#N)c(N[C@H]2CC3(C2)C[C@](C)(O)C3)n1)C(=N)OCC(C)(F)F. The van der Waals surface area contributed by atoms with E-state index >= 15 is 0 Å². The van der Waals surface area contributed by atoms with Crippen LogP contribution in [0, 0.1) is 22.2 Å². The molecule has 1 aromatic heterocycles. The van der Waals surface area contributed by atoms with E-state index in [4.69, 9.17) is 10.1 Å². The second-order valence-electron chi connectivity index (χ2n) is 8.81. The molecule has 1 aromatic rings. The average molecular weight is 420 g/mol. The minimum atomic E-state index is -3.04. The van der Waals surface area contributed by atoms with Gasteiger partial charge in [0.1, 0.15) is 17.5 Å². The van der Waals surface area contributed by atoms with Crippen LogP contribution in [0.25, 0.3) is 0 Å². The lowest BCUT2D eigenvalue weighted by Crippen LogP contribution is -2.59. The molecule has 0 atom stereocenters. The quantitative estimate of drug-likeness (QED) is 0.376. The van der Waals surface area contributed by atoms with Gasteiger partial charge in [-0.2, -0.15) is 10.2 Å². The summed E-state index contributed by atoms with van der Waals surface area (Å²) in [5, 5.41) is 33.1. The molecule has 0 bridgehead atoms. The molecule has 0 unspecified atom stereocenters. The zero-order valence-corrected chi connectivity index (χ0v) is 17.1. The number of ether oxygens (including phenoxy) is 1. The molecule has 4 N–H and O–H groups in total. The molecule has 2 saturated carbocycles. The molecule has 3 rings (SSSR count). The number of rotatable bonds is 8. The van der Waals surface area contributed by atoms with Crippen molar-refractivity contribution >= 4 is 17.7 Å². The lowest BCUT2D eigenvalue weighted by molar-refractivity contribution is -0.154. The molecule has 0 amide bonds. The van der Waals surface area contributed by atoms with E-state index < -0.39 is 24.0 Å². The molecule has 0 saturated heterocycles. The second kappa shape index (κ2) is 7.80. The van der Waals surface area contributed by atoms with E-state index in [0.29, 0.717) is 18.3 Å². The van der Waals surface area contributed by atoms with Crippen LogP contribution >= 0.6 is 0 Å². The number of anilines is 2. The summed E-state index contributed by atoms with van der Waals surface area (Å²) in [6.07, 6.45) is 4.80. The molecule has 2 aliphatic carbocycles. The van der Waals surface area contributed by atoms with Crippen LogP contribution in [0.1, 0.15) is 45.1 Å². The minimum Gasteiger partial charge on any atom is -0.471 e. The Morgan fingerprint density at radius 2 is 2.17 bits per heavy atom. The van der Waals surface area contributed by atoms with Crippen LogP contribution in [0.4, 0.5) is 20.5 Å². The number of alkyl halides is 2. The first-order valence-corrected chi connectivity index (χ1v) is 9.68. The van der Waals surface area contributed by atoms with Gasteiger partial charge in [-0.05, 0) is 38.0 Å². The zero-order valence-electron chi connectivity index (χ0n) is 17.1. The van der Waals surface area contributed by atoms with Crippen LogP contribution in [0.5, 0.6) is 0 Å². The van der Waals surface area contributed by atoms with Gasteiger partial charge in [0.2, 0.25) is 11.8 Å². The van der Waals surface area contributed by atoms with E-state index in [-0.39, 0.29) is 29.5 Å². The molecule has 8 nitrogen and oxygen atoms in total. The largest absolute Gasteiger partial charge is 0.471 e. The fraction of sp³-hybridized carbons (Fsp3) is 0.600. The number of hydrogen-bond acceptors (Lipinski definition) is 8. The number of halogens is 2.